The molecular weight excluding hydrogens is 222 g/mol. The smallest absolute Gasteiger partial charge is 0.0460 e. The molecule has 1 aromatic carbocycles. The number of aliphatic hydroxyl groups excluding tert-OH is 1. The van der Waals surface area contributed by atoms with Crippen LogP contribution in [0.4, 0.5) is 0 Å². The van der Waals surface area contributed by atoms with Gasteiger partial charge in [0.25, 0.3) is 0 Å². The van der Waals surface area contributed by atoms with Gasteiger partial charge in [0.1, 0.15) is 0 Å². The summed E-state index contributed by atoms with van der Waals surface area (Å²) < 4.78 is 0. The third-order valence-electron chi connectivity index (χ3n) is 3.35. The Hall–Kier alpha value is -0.570. The van der Waals surface area contributed by atoms with E-state index in [4.69, 9.17) is 11.6 Å². The van der Waals surface area contributed by atoms with Gasteiger partial charge in [0, 0.05) is 17.7 Å². The monoisotopic (exact) mass is 239 g/mol. The largest absolute Gasteiger partial charge is 0.396 e. The maximum absolute atomic E-state index is 9.21. The molecule has 2 N–H and O–H groups in total. The lowest BCUT2D eigenvalue weighted by molar-refractivity contribution is 0.176. The van der Waals surface area contributed by atoms with Crippen molar-refractivity contribution in [3.63, 3.8) is 0 Å². The molecule has 1 aromatic rings. The van der Waals surface area contributed by atoms with Crippen molar-refractivity contribution >= 4 is 11.6 Å². The summed E-state index contributed by atoms with van der Waals surface area (Å²) in [5, 5.41) is 13.5. The Bertz CT molecular complexity index is 367. The van der Waals surface area contributed by atoms with Crippen LogP contribution in [0.3, 0.4) is 0 Å². The molecule has 2 rings (SSSR count). The highest BCUT2D eigenvalue weighted by Gasteiger charge is 2.22. The van der Waals surface area contributed by atoms with Crippen molar-refractivity contribution < 1.29 is 5.11 Å². The van der Waals surface area contributed by atoms with E-state index in [1.807, 2.05) is 13.0 Å². The molecule has 0 amide bonds. The number of hydrogen-bond donors (Lipinski definition) is 2. The fourth-order valence-corrected chi connectivity index (χ4v) is 2.42. The van der Waals surface area contributed by atoms with Crippen LogP contribution in [0.5, 0.6) is 0 Å². The Labute approximate surface area is 102 Å². The second-order valence-corrected chi connectivity index (χ2v) is 5.00. The minimum Gasteiger partial charge on any atom is -0.396 e. The molecule has 2 atom stereocenters. The van der Waals surface area contributed by atoms with Crippen molar-refractivity contribution in [3.8, 4) is 0 Å². The van der Waals surface area contributed by atoms with Gasteiger partial charge in [-0.05, 0) is 49.4 Å². The molecule has 0 aliphatic carbocycles. The van der Waals surface area contributed by atoms with E-state index >= 15 is 0 Å². The van der Waals surface area contributed by atoms with Crippen molar-refractivity contribution in [2.45, 2.75) is 25.8 Å². The number of rotatable bonds is 2. The van der Waals surface area contributed by atoms with E-state index in [0.29, 0.717) is 18.6 Å². The molecule has 0 bridgehead atoms. The molecule has 2 nitrogen and oxygen atoms in total. The first-order chi connectivity index (χ1) is 7.70. The van der Waals surface area contributed by atoms with Gasteiger partial charge in [-0.25, -0.2) is 0 Å². The molecular formula is C13H18ClNO. The Morgan fingerprint density at radius 3 is 3.00 bits per heavy atom. The lowest BCUT2D eigenvalue weighted by Crippen LogP contribution is -2.33. The van der Waals surface area contributed by atoms with Crippen LogP contribution < -0.4 is 5.32 Å². The third-order valence-corrected chi connectivity index (χ3v) is 3.78. The molecule has 1 aliphatic rings. The van der Waals surface area contributed by atoms with Crippen molar-refractivity contribution in [3.05, 3.63) is 34.3 Å². The number of aliphatic hydroxyl groups is 1. The molecule has 0 radical (unpaired) electrons. The van der Waals surface area contributed by atoms with Crippen LogP contribution in [-0.2, 0) is 0 Å². The molecule has 16 heavy (non-hydrogen) atoms. The van der Waals surface area contributed by atoms with Crippen LogP contribution in [0.15, 0.2) is 18.2 Å². The molecule has 88 valence electrons. The number of halogens is 1. The maximum Gasteiger partial charge on any atom is 0.0460 e. The molecule has 0 saturated carbocycles. The molecule has 1 fully saturated rings. The lowest BCUT2D eigenvalue weighted by Gasteiger charge is -2.29. The van der Waals surface area contributed by atoms with Crippen LogP contribution in [0.2, 0.25) is 5.02 Å². The van der Waals surface area contributed by atoms with E-state index in [1.165, 1.54) is 5.56 Å². The Balaban J connectivity index is 2.13. The summed E-state index contributed by atoms with van der Waals surface area (Å²) in [6, 6.07) is 6.53. The predicted octanol–water partition coefficient (Wildman–Crippen LogP) is 2.68. The predicted molar refractivity (Wildman–Crippen MR) is 66.7 cm³/mol. The zero-order chi connectivity index (χ0) is 11.5. The first-order valence-electron chi connectivity index (χ1n) is 5.81. The van der Waals surface area contributed by atoms with E-state index in [2.05, 4.69) is 17.4 Å². The second-order valence-electron chi connectivity index (χ2n) is 4.59. The minimum absolute atomic E-state index is 0.296. The van der Waals surface area contributed by atoms with Gasteiger partial charge < -0.3 is 10.4 Å². The second kappa shape index (κ2) is 5.17. The molecule has 1 heterocycles. The van der Waals surface area contributed by atoms with Gasteiger partial charge in [-0.2, -0.15) is 0 Å². The quantitative estimate of drug-likeness (QED) is 0.832. The minimum atomic E-state index is 0.296. The number of piperidine rings is 1. The van der Waals surface area contributed by atoms with Crippen LogP contribution in [0.1, 0.15) is 30.0 Å². The molecule has 3 heteroatoms. The molecule has 1 aliphatic heterocycles. The van der Waals surface area contributed by atoms with E-state index < -0.39 is 0 Å². The van der Waals surface area contributed by atoms with E-state index in [1.54, 1.807) is 0 Å². The van der Waals surface area contributed by atoms with Crippen LogP contribution in [0.25, 0.3) is 0 Å². The van der Waals surface area contributed by atoms with Gasteiger partial charge in [0.2, 0.25) is 0 Å². The summed E-state index contributed by atoms with van der Waals surface area (Å²) in [5.74, 6) is 0.433. The molecule has 0 aromatic heterocycles. The van der Waals surface area contributed by atoms with E-state index in [-0.39, 0.29) is 0 Å². The highest BCUT2D eigenvalue weighted by Crippen LogP contribution is 2.29. The van der Waals surface area contributed by atoms with Gasteiger partial charge in [-0.1, -0.05) is 23.7 Å². The van der Waals surface area contributed by atoms with Crippen molar-refractivity contribution in [1.29, 1.82) is 0 Å². The third kappa shape index (κ3) is 2.57. The number of benzene rings is 1. The average Bonchev–Trinajstić information content (AvgIpc) is 2.33. The van der Waals surface area contributed by atoms with Gasteiger partial charge in [-0.15, -0.1) is 0 Å². The van der Waals surface area contributed by atoms with Crippen molar-refractivity contribution in [2.24, 2.45) is 5.92 Å². The van der Waals surface area contributed by atoms with Crippen LogP contribution in [-0.4, -0.2) is 18.3 Å². The molecule has 1 saturated heterocycles. The van der Waals surface area contributed by atoms with Gasteiger partial charge in [-0.3, -0.25) is 0 Å². The topological polar surface area (TPSA) is 32.3 Å². The number of hydrogen-bond acceptors (Lipinski definition) is 2. The Morgan fingerprint density at radius 1 is 1.50 bits per heavy atom. The van der Waals surface area contributed by atoms with E-state index in [9.17, 15) is 5.11 Å². The van der Waals surface area contributed by atoms with Crippen LogP contribution in [0, 0.1) is 12.8 Å². The fraction of sp³-hybridized carbons (Fsp3) is 0.538. The first kappa shape index (κ1) is 11.9. The summed E-state index contributed by atoms with van der Waals surface area (Å²) in [4.78, 5) is 0. The summed E-state index contributed by atoms with van der Waals surface area (Å²) in [7, 11) is 0. The van der Waals surface area contributed by atoms with Crippen molar-refractivity contribution in [2.75, 3.05) is 13.2 Å². The van der Waals surface area contributed by atoms with Gasteiger partial charge in [0.05, 0.1) is 0 Å². The zero-order valence-electron chi connectivity index (χ0n) is 9.54. The molecule has 2 unspecified atom stereocenters. The Kier molecular flexibility index (Phi) is 3.85. The fourth-order valence-electron chi connectivity index (χ4n) is 2.30. The number of nitrogens with one attached hydrogen (secondary N) is 1. The maximum atomic E-state index is 9.21. The lowest BCUT2D eigenvalue weighted by atomic mass is 9.89. The first-order valence-corrected chi connectivity index (χ1v) is 6.19. The standard InChI is InChI=1S/C13H18ClNO/c1-9-6-11(2-3-12(9)14)13-7-10(8-16)4-5-15-13/h2-3,6,10,13,15-16H,4-5,7-8H2,1H3. The van der Waals surface area contributed by atoms with Crippen molar-refractivity contribution in [1.82, 2.24) is 5.32 Å². The SMILES string of the molecule is Cc1cc(C2CC(CO)CCN2)ccc1Cl. The highest BCUT2D eigenvalue weighted by atomic mass is 35.5. The molecule has 0 spiro atoms. The number of aryl methyl sites for hydroxylation is 1. The van der Waals surface area contributed by atoms with Crippen LogP contribution >= 0.6 is 11.6 Å². The van der Waals surface area contributed by atoms with Gasteiger partial charge in [0.15, 0.2) is 0 Å². The summed E-state index contributed by atoms with van der Waals surface area (Å²) in [6.45, 7) is 3.31. The average molecular weight is 240 g/mol. The summed E-state index contributed by atoms with van der Waals surface area (Å²) in [6.07, 6.45) is 2.08. The zero-order valence-corrected chi connectivity index (χ0v) is 10.3. The van der Waals surface area contributed by atoms with E-state index in [0.717, 1.165) is 30.0 Å². The Morgan fingerprint density at radius 2 is 2.31 bits per heavy atom. The summed E-state index contributed by atoms with van der Waals surface area (Å²) >= 11 is 6.02. The van der Waals surface area contributed by atoms with Gasteiger partial charge >= 0.3 is 0 Å². The highest BCUT2D eigenvalue weighted by molar-refractivity contribution is 6.31. The summed E-state index contributed by atoms with van der Waals surface area (Å²) in [5.41, 5.74) is 2.40. The normalized spacial score (nSPS) is 25.7.